The van der Waals surface area contributed by atoms with Crippen LogP contribution in [0.3, 0.4) is 0 Å². The molecule has 0 bridgehead atoms. The molecule has 0 amide bonds. The van der Waals surface area contributed by atoms with Crippen molar-refractivity contribution >= 4 is 34.5 Å². The van der Waals surface area contributed by atoms with Crippen LogP contribution in [0.4, 0.5) is 5.82 Å². The number of nitrogens with zero attached hydrogens (tertiary/aromatic N) is 5. The summed E-state index contributed by atoms with van der Waals surface area (Å²) in [7, 11) is 0. The molecule has 19 heavy (non-hydrogen) atoms. The van der Waals surface area contributed by atoms with Crippen LogP contribution in [0.1, 0.15) is 10.7 Å². The van der Waals surface area contributed by atoms with Crippen molar-refractivity contribution in [3.05, 3.63) is 33.6 Å². The number of hydrogen-bond acceptors (Lipinski definition) is 6. The highest BCUT2D eigenvalue weighted by molar-refractivity contribution is 7.09. The van der Waals surface area contributed by atoms with Gasteiger partial charge in [-0.05, 0) is 6.92 Å². The summed E-state index contributed by atoms with van der Waals surface area (Å²) in [6, 6.07) is 1.73. The lowest BCUT2D eigenvalue weighted by Crippen LogP contribution is -2.09. The van der Waals surface area contributed by atoms with E-state index in [1.54, 1.807) is 21.9 Å². The van der Waals surface area contributed by atoms with Crippen LogP contribution in [0, 0.1) is 6.92 Å². The van der Waals surface area contributed by atoms with E-state index < -0.39 is 0 Å². The number of thiazole rings is 1. The summed E-state index contributed by atoms with van der Waals surface area (Å²) < 4.78 is 1.62. The number of rotatable bonds is 4. The maximum absolute atomic E-state index is 5.94. The molecule has 3 rings (SSSR count). The molecule has 8 heteroatoms. The van der Waals surface area contributed by atoms with E-state index >= 15 is 0 Å². The minimum Gasteiger partial charge on any atom is -0.369 e. The molecule has 0 fully saturated rings. The van der Waals surface area contributed by atoms with Crippen molar-refractivity contribution in [2.24, 2.45) is 0 Å². The van der Waals surface area contributed by atoms with Crippen LogP contribution in [-0.2, 0) is 6.42 Å². The summed E-state index contributed by atoms with van der Waals surface area (Å²) >= 11 is 7.60. The Morgan fingerprint density at radius 3 is 3.11 bits per heavy atom. The molecule has 3 heterocycles. The second-order valence-electron chi connectivity index (χ2n) is 3.97. The molecule has 0 aliphatic heterocycles. The first kappa shape index (κ1) is 12.3. The van der Waals surface area contributed by atoms with Gasteiger partial charge in [-0.1, -0.05) is 11.6 Å². The Hall–Kier alpha value is -1.73. The van der Waals surface area contributed by atoms with Crippen LogP contribution >= 0.6 is 22.9 Å². The zero-order valence-electron chi connectivity index (χ0n) is 10.2. The van der Waals surface area contributed by atoms with E-state index in [1.807, 2.05) is 6.92 Å². The molecule has 0 aliphatic rings. The second kappa shape index (κ2) is 5.10. The molecule has 0 aliphatic carbocycles. The normalized spacial score (nSPS) is 11.1. The Balaban J connectivity index is 1.73. The first-order valence-corrected chi connectivity index (χ1v) is 6.99. The van der Waals surface area contributed by atoms with Gasteiger partial charge in [-0.25, -0.2) is 4.98 Å². The van der Waals surface area contributed by atoms with E-state index in [2.05, 4.69) is 30.7 Å². The highest BCUT2D eigenvalue weighted by Crippen LogP contribution is 2.14. The lowest BCUT2D eigenvalue weighted by atomic mass is 10.3. The molecule has 98 valence electrons. The highest BCUT2D eigenvalue weighted by Gasteiger charge is 2.06. The minimum absolute atomic E-state index is 0.396. The molecule has 0 saturated heterocycles. The highest BCUT2D eigenvalue weighted by atomic mass is 35.5. The Morgan fingerprint density at radius 2 is 2.32 bits per heavy atom. The van der Waals surface area contributed by atoms with Crippen LogP contribution in [0.15, 0.2) is 17.8 Å². The molecule has 0 spiro atoms. The quantitative estimate of drug-likeness (QED) is 0.747. The smallest absolute Gasteiger partial charge is 0.255 e. The third-order valence-electron chi connectivity index (χ3n) is 2.57. The summed E-state index contributed by atoms with van der Waals surface area (Å²) in [5, 5.41) is 10.9. The lowest BCUT2D eigenvalue weighted by molar-refractivity contribution is 0.903. The zero-order valence-corrected chi connectivity index (χ0v) is 11.7. The van der Waals surface area contributed by atoms with E-state index in [1.165, 1.54) is 6.33 Å². The van der Waals surface area contributed by atoms with Gasteiger partial charge >= 0.3 is 0 Å². The molecule has 6 nitrogen and oxygen atoms in total. The average molecular weight is 295 g/mol. The fraction of sp³-hybridized carbons (Fsp3) is 0.273. The standard InChI is InChI=1S/C11H11ClN6S/c1-7-16-8(5-19-7)2-3-13-10-4-9(12)17-11-14-6-15-18(10)11/h4-6,13H,2-3H2,1H3. The second-order valence-corrected chi connectivity index (χ2v) is 5.42. The predicted molar refractivity (Wildman–Crippen MR) is 74.8 cm³/mol. The fourth-order valence-electron chi connectivity index (χ4n) is 1.75. The van der Waals surface area contributed by atoms with Gasteiger partial charge in [-0.3, -0.25) is 0 Å². The molecule has 0 unspecified atom stereocenters. The van der Waals surface area contributed by atoms with E-state index in [4.69, 9.17) is 11.6 Å². The molecule has 0 atom stereocenters. The molecular formula is C11H11ClN6S. The van der Waals surface area contributed by atoms with Gasteiger partial charge in [-0.15, -0.1) is 11.3 Å². The predicted octanol–water partition coefficient (Wildman–Crippen LogP) is 2.20. The monoisotopic (exact) mass is 294 g/mol. The number of nitrogens with one attached hydrogen (secondary N) is 1. The first-order valence-electron chi connectivity index (χ1n) is 5.73. The average Bonchev–Trinajstić information content (AvgIpc) is 2.98. The van der Waals surface area contributed by atoms with Crippen LogP contribution in [0.25, 0.3) is 5.78 Å². The molecule has 3 aromatic rings. The van der Waals surface area contributed by atoms with Gasteiger partial charge in [0.05, 0.1) is 10.7 Å². The molecular weight excluding hydrogens is 284 g/mol. The van der Waals surface area contributed by atoms with Crippen LogP contribution in [0.2, 0.25) is 5.15 Å². The van der Waals surface area contributed by atoms with Gasteiger partial charge in [0.1, 0.15) is 17.3 Å². The Kier molecular flexibility index (Phi) is 3.31. The van der Waals surface area contributed by atoms with E-state index in [0.29, 0.717) is 10.9 Å². The first-order chi connectivity index (χ1) is 9.22. The largest absolute Gasteiger partial charge is 0.369 e. The SMILES string of the molecule is Cc1nc(CCNc2cc(Cl)nc3ncnn23)cs1. The van der Waals surface area contributed by atoms with Crippen LogP contribution in [0.5, 0.6) is 0 Å². The summed E-state index contributed by atoms with van der Waals surface area (Å²) in [4.78, 5) is 12.5. The van der Waals surface area contributed by atoms with Crippen LogP contribution in [-0.4, -0.2) is 31.1 Å². The molecule has 1 N–H and O–H groups in total. The van der Waals surface area contributed by atoms with Crippen molar-refractivity contribution in [2.75, 3.05) is 11.9 Å². The van der Waals surface area contributed by atoms with Gasteiger partial charge < -0.3 is 5.32 Å². The third-order valence-corrected chi connectivity index (χ3v) is 3.59. The molecule has 0 saturated carbocycles. The summed E-state index contributed by atoms with van der Waals surface area (Å²) in [6.45, 7) is 2.75. The Labute approximate surface area is 118 Å². The molecule has 0 radical (unpaired) electrons. The Morgan fingerprint density at radius 1 is 1.42 bits per heavy atom. The molecule has 0 aromatic carbocycles. The van der Waals surface area contributed by atoms with Crippen molar-refractivity contribution in [2.45, 2.75) is 13.3 Å². The number of aryl methyl sites for hydroxylation is 1. The van der Waals surface area contributed by atoms with Gasteiger partial charge in [0, 0.05) is 24.4 Å². The third kappa shape index (κ3) is 2.66. The van der Waals surface area contributed by atoms with Crippen molar-refractivity contribution in [3.8, 4) is 0 Å². The topological polar surface area (TPSA) is 68.0 Å². The number of anilines is 1. The summed E-state index contributed by atoms with van der Waals surface area (Å²) in [5.41, 5.74) is 1.09. The van der Waals surface area contributed by atoms with Crippen molar-refractivity contribution in [1.29, 1.82) is 0 Å². The fourth-order valence-corrected chi connectivity index (χ4v) is 2.58. The Bertz CT molecular complexity index is 706. The number of halogens is 1. The van der Waals surface area contributed by atoms with Gasteiger partial charge in [0.2, 0.25) is 0 Å². The number of aromatic nitrogens is 5. The minimum atomic E-state index is 0.396. The number of hydrogen-bond donors (Lipinski definition) is 1. The maximum Gasteiger partial charge on any atom is 0.255 e. The van der Waals surface area contributed by atoms with Gasteiger partial charge in [-0.2, -0.15) is 19.6 Å². The van der Waals surface area contributed by atoms with E-state index in [-0.39, 0.29) is 0 Å². The molecule has 3 aromatic heterocycles. The summed E-state index contributed by atoms with van der Waals surface area (Å²) in [5.74, 6) is 1.26. The zero-order chi connectivity index (χ0) is 13.2. The number of fused-ring (bicyclic) bond motifs is 1. The lowest BCUT2D eigenvalue weighted by Gasteiger charge is -2.07. The van der Waals surface area contributed by atoms with Crippen LogP contribution < -0.4 is 5.32 Å². The van der Waals surface area contributed by atoms with Crippen molar-refractivity contribution < 1.29 is 0 Å². The maximum atomic E-state index is 5.94. The van der Waals surface area contributed by atoms with E-state index in [0.717, 1.165) is 29.5 Å². The van der Waals surface area contributed by atoms with Gasteiger partial charge in [0.25, 0.3) is 5.78 Å². The van der Waals surface area contributed by atoms with Crippen molar-refractivity contribution in [1.82, 2.24) is 24.6 Å². The summed E-state index contributed by atoms with van der Waals surface area (Å²) in [6.07, 6.45) is 2.30. The van der Waals surface area contributed by atoms with Gasteiger partial charge in [0.15, 0.2) is 0 Å². The van der Waals surface area contributed by atoms with Crippen molar-refractivity contribution in [3.63, 3.8) is 0 Å². The van der Waals surface area contributed by atoms with E-state index in [9.17, 15) is 0 Å².